The second-order valence-corrected chi connectivity index (χ2v) is 12.1. The zero-order chi connectivity index (χ0) is 32.4. The number of nitrogens with one attached hydrogen (secondary N) is 3. The fourth-order valence-corrected chi connectivity index (χ4v) is 3.99. The van der Waals surface area contributed by atoms with Crippen molar-refractivity contribution in [3.05, 3.63) is 34.3 Å². The van der Waals surface area contributed by atoms with Crippen molar-refractivity contribution in [2.75, 3.05) is 51.9 Å². The lowest BCUT2D eigenvalue weighted by Gasteiger charge is -2.29. The van der Waals surface area contributed by atoms with Crippen molar-refractivity contribution in [1.82, 2.24) is 10.6 Å². The van der Waals surface area contributed by atoms with Gasteiger partial charge in [0.25, 0.3) is 5.91 Å². The van der Waals surface area contributed by atoms with E-state index >= 15 is 0 Å². The van der Waals surface area contributed by atoms with Crippen LogP contribution in [0, 0.1) is 11.3 Å². The molecule has 0 aromatic heterocycles. The van der Waals surface area contributed by atoms with E-state index in [4.69, 9.17) is 15.2 Å². The minimum absolute atomic E-state index is 0.0154. The van der Waals surface area contributed by atoms with E-state index in [0.717, 1.165) is 18.1 Å². The van der Waals surface area contributed by atoms with Gasteiger partial charge in [0.1, 0.15) is 5.75 Å². The molecule has 6 N–H and O–H groups in total. The third kappa shape index (κ3) is 17.0. The maximum absolute atomic E-state index is 12.4. The Morgan fingerprint density at radius 2 is 1.70 bits per heavy atom. The molecule has 2 atom stereocenters. The fourth-order valence-electron chi connectivity index (χ4n) is 3.65. The molecule has 1 rings (SSSR count). The highest BCUT2D eigenvalue weighted by Gasteiger charge is 2.22. The van der Waals surface area contributed by atoms with Crippen LogP contribution in [-0.4, -0.2) is 81.5 Å². The number of methoxy groups -OCH3 is 1. The summed E-state index contributed by atoms with van der Waals surface area (Å²) in [7, 11) is 1.25. The number of ether oxygens (including phenoxy) is 3. The zero-order valence-corrected chi connectivity index (χ0v) is 27.4. The summed E-state index contributed by atoms with van der Waals surface area (Å²) < 4.78 is 15.3. The number of esters is 1. The fraction of sp³-hybridized carbons (Fsp3) is 0.600. The van der Waals surface area contributed by atoms with E-state index in [1.54, 1.807) is 12.1 Å². The third-order valence-electron chi connectivity index (χ3n) is 6.68. The highest BCUT2D eigenvalue weighted by atomic mass is 79.9. The van der Waals surface area contributed by atoms with Gasteiger partial charge in [0.2, 0.25) is 11.8 Å². The molecule has 0 heterocycles. The number of phenolic OH excluding ortho intramolecular Hbond substituents is 1. The van der Waals surface area contributed by atoms with Gasteiger partial charge in [0, 0.05) is 25.2 Å². The van der Waals surface area contributed by atoms with Gasteiger partial charge < -0.3 is 41.0 Å². The van der Waals surface area contributed by atoms with Gasteiger partial charge in [0.15, 0.2) is 0 Å². The van der Waals surface area contributed by atoms with Gasteiger partial charge in [-0.1, -0.05) is 33.8 Å². The van der Waals surface area contributed by atoms with Crippen LogP contribution in [0.1, 0.15) is 52.5 Å². The van der Waals surface area contributed by atoms with E-state index in [9.17, 15) is 24.3 Å². The second kappa shape index (κ2) is 20.0. The Morgan fingerprint density at radius 1 is 1.02 bits per heavy atom. The molecule has 0 bridgehead atoms. The minimum atomic E-state index is -0.534. The SMILES string of the molecule is COC(=O)CCNC(=O)/C(Br)=C\C(=O)NCCOCCOCCC(=O)Nc1cc(C[C@H](N)CC(C)C(C)(C)C)ccc1O. The Morgan fingerprint density at radius 3 is 2.35 bits per heavy atom. The molecule has 1 aromatic carbocycles. The molecule has 1 unspecified atom stereocenters. The highest BCUT2D eigenvalue weighted by molar-refractivity contribution is 9.12. The van der Waals surface area contributed by atoms with Crippen molar-refractivity contribution in [2.24, 2.45) is 17.1 Å². The van der Waals surface area contributed by atoms with Crippen molar-refractivity contribution >= 4 is 45.3 Å². The lowest BCUT2D eigenvalue weighted by atomic mass is 9.78. The van der Waals surface area contributed by atoms with Crippen molar-refractivity contribution in [3.63, 3.8) is 0 Å². The van der Waals surface area contributed by atoms with Crippen LogP contribution >= 0.6 is 15.9 Å². The van der Waals surface area contributed by atoms with E-state index in [-0.39, 0.29) is 80.0 Å². The van der Waals surface area contributed by atoms with Gasteiger partial charge in [-0.3, -0.25) is 19.2 Å². The lowest BCUT2D eigenvalue weighted by Crippen LogP contribution is -2.30. The molecule has 13 heteroatoms. The average molecular weight is 672 g/mol. The third-order valence-corrected chi connectivity index (χ3v) is 7.26. The number of carbonyl (C=O) groups excluding carboxylic acids is 4. The molecular formula is C30H47BrN4O8. The first-order valence-corrected chi connectivity index (χ1v) is 15.0. The molecule has 0 saturated heterocycles. The Bertz CT molecular complexity index is 1090. The summed E-state index contributed by atoms with van der Waals surface area (Å²) in [6.07, 6.45) is 2.72. The summed E-state index contributed by atoms with van der Waals surface area (Å²) in [4.78, 5) is 47.2. The van der Waals surface area contributed by atoms with Crippen LogP contribution in [0.3, 0.4) is 0 Å². The largest absolute Gasteiger partial charge is 0.506 e. The summed E-state index contributed by atoms with van der Waals surface area (Å²) in [5.74, 6) is -1.34. The number of halogens is 1. The Hall–Kier alpha value is -3.00. The molecule has 0 aliphatic rings. The lowest BCUT2D eigenvalue weighted by molar-refractivity contribution is -0.140. The predicted octanol–water partition coefficient (Wildman–Crippen LogP) is 2.77. The molecule has 1 aromatic rings. The number of aromatic hydroxyl groups is 1. The Kier molecular flexibility index (Phi) is 17.7. The van der Waals surface area contributed by atoms with Crippen molar-refractivity contribution in [2.45, 2.75) is 59.4 Å². The van der Waals surface area contributed by atoms with Crippen LogP contribution in [0.25, 0.3) is 0 Å². The Balaban J connectivity index is 2.23. The average Bonchev–Trinajstić information content (AvgIpc) is 2.93. The van der Waals surface area contributed by atoms with E-state index in [1.165, 1.54) is 7.11 Å². The van der Waals surface area contributed by atoms with Gasteiger partial charge in [-0.25, -0.2) is 0 Å². The second-order valence-electron chi connectivity index (χ2n) is 11.2. The number of benzene rings is 1. The summed E-state index contributed by atoms with van der Waals surface area (Å²) in [5.41, 5.74) is 7.81. The van der Waals surface area contributed by atoms with Crippen LogP contribution in [0.4, 0.5) is 5.69 Å². The van der Waals surface area contributed by atoms with Gasteiger partial charge >= 0.3 is 5.97 Å². The van der Waals surface area contributed by atoms with Crippen LogP contribution < -0.4 is 21.7 Å². The summed E-state index contributed by atoms with van der Waals surface area (Å²) in [6, 6.07) is 5.09. The molecule has 0 saturated carbocycles. The first kappa shape index (κ1) is 38.0. The number of rotatable bonds is 19. The number of amides is 3. The number of anilines is 1. The van der Waals surface area contributed by atoms with Gasteiger partial charge in [-0.15, -0.1) is 0 Å². The van der Waals surface area contributed by atoms with Crippen LogP contribution in [0.2, 0.25) is 0 Å². The van der Waals surface area contributed by atoms with Crippen LogP contribution in [0.15, 0.2) is 28.8 Å². The van der Waals surface area contributed by atoms with E-state index in [2.05, 4.69) is 64.3 Å². The number of phenols is 1. The first-order valence-electron chi connectivity index (χ1n) is 14.3. The summed E-state index contributed by atoms with van der Waals surface area (Å²) >= 11 is 3.02. The standard InChI is InChI=1S/C30H47BrN4O8/c1-20(30(2,3)4)16-22(32)17-21-6-7-25(36)24(18-21)35-26(37)9-12-42-14-15-43-13-11-33-27(38)19-23(31)29(40)34-10-8-28(39)41-5/h6-7,18-20,22,36H,8-17,32H2,1-5H3,(H,33,38)(H,34,40)(H,35,37)/b23-19+/t20?,22-/m1/s1. The summed E-state index contributed by atoms with van der Waals surface area (Å²) in [6.45, 7) is 9.99. The molecule has 0 radical (unpaired) electrons. The van der Waals surface area contributed by atoms with Crippen LogP contribution in [-0.2, 0) is 39.8 Å². The molecular weight excluding hydrogens is 624 g/mol. The zero-order valence-electron chi connectivity index (χ0n) is 25.8. The maximum Gasteiger partial charge on any atom is 0.307 e. The highest BCUT2D eigenvalue weighted by Crippen LogP contribution is 2.30. The topological polar surface area (TPSA) is 178 Å². The Labute approximate surface area is 262 Å². The minimum Gasteiger partial charge on any atom is -0.506 e. The van der Waals surface area contributed by atoms with E-state index in [0.29, 0.717) is 18.0 Å². The van der Waals surface area contributed by atoms with E-state index < -0.39 is 17.8 Å². The molecule has 0 aliphatic heterocycles. The van der Waals surface area contributed by atoms with E-state index in [1.807, 2.05) is 6.07 Å². The molecule has 0 fully saturated rings. The molecule has 242 valence electrons. The molecule has 43 heavy (non-hydrogen) atoms. The monoisotopic (exact) mass is 670 g/mol. The number of hydrogen-bond acceptors (Lipinski definition) is 9. The van der Waals surface area contributed by atoms with Crippen LogP contribution in [0.5, 0.6) is 5.75 Å². The molecule has 3 amide bonds. The van der Waals surface area contributed by atoms with Crippen molar-refractivity contribution < 1.29 is 38.5 Å². The number of carbonyl (C=O) groups is 4. The van der Waals surface area contributed by atoms with Gasteiger partial charge in [-0.2, -0.15) is 0 Å². The van der Waals surface area contributed by atoms with Gasteiger partial charge in [0.05, 0.1) is 56.5 Å². The smallest absolute Gasteiger partial charge is 0.307 e. The van der Waals surface area contributed by atoms with Crippen molar-refractivity contribution in [1.29, 1.82) is 0 Å². The molecule has 0 aliphatic carbocycles. The molecule has 12 nitrogen and oxygen atoms in total. The number of nitrogens with two attached hydrogens (primary N) is 1. The molecule has 0 spiro atoms. The summed E-state index contributed by atoms with van der Waals surface area (Å²) in [5, 5.41) is 18.0. The number of hydrogen-bond donors (Lipinski definition) is 5. The quantitative estimate of drug-likeness (QED) is 0.0640. The normalized spacial score (nSPS) is 13.1. The maximum atomic E-state index is 12.4. The van der Waals surface area contributed by atoms with Gasteiger partial charge in [-0.05, 0) is 57.8 Å². The first-order chi connectivity index (χ1) is 20.2. The van der Waals surface area contributed by atoms with Crippen molar-refractivity contribution in [3.8, 4) is 5.75 Å². The predicted molar refractivity (Wildman–Crippen MR) is 168 cm³/mol.